The van der Waals surface area contributed by atoms with Crippen LogP contribution < -0.4 is 0 Å². The SMILES string of the molecule is CCCCCC[C@H]1O[C@@]23O[C@@H]1CC[C@@H]2[C@H](O)CC[C@@H]3O. The maximum Gasteiger partial charge on any atom is 0.200 e. The summed E-state index contributed by atoms with van der Waals surface area (Å²) in [5, 5.41) is 20.6. The zero-order valence-electron chi connectivity index (χ0n) is 12.5. The van der Waals surface area contributed by atoms with Gasteiger partial charge < -0.3 is 19.7 Å². The van der Waals surface area contributed by atoms with Crippen molar-refractivity contribution in [2.75, 3.05) is 0 Å². The van der Waals surface area contributed by atoms with Crippen molar-refractivity contribution in [3.63, 3.8) is 0 Å². The van der Waals surface area contributed by atoms with Crippen molar-refractivity contribution >= 4 is 0 Å². The van der Waals surface area contributed by atoms with Crippen molar-refractivity contribution < 1.29 is 19.7 Å². The van der Waals surface area contributed by atoms with Crippen LogP contribution in [0.25, 0.3) is 0 Å². The number of aliphatic hydroxyl groups excluding tert-OH is 2. The molecule has 1 saturated carbocycles. The van der Waals surface area contributed by atoms with E-state index in [1.54, 1.807) is 0 Å². The number of hydrogen-bond donors (Lipinski definition) is 2. The number of hydrogen-bond acceptors (Lipinski definition) is 4. The van der Waals surface area contributed by atoms with Gasteiger partial charge in [-0.25, -0.2) is 0 Å². The van der Waals surface area contributed by atoms with Gasteiger partial charge >= 0.3 is 0 Å². The van der Waals surface area contributed by atoms with Crippen LogP contribution >= 0.6 is 0 Å². The van der Waals surface area contributed by atoms with E-state index in [0.29, 0.717) is 12.8 Å². The Kier molecular flexibility index (Phi) is 4.37. The van der Waals surface area contributed by atoms with Gasteiger partial charge in [-0.2, -0.15) is 0 Å². The lowest BCUT2D eigenvalue weighted by molar-refractivity contribution is -0.307. The predicted molar refractivity (Wildman–Crippen MR) is 75.2 cm³/mol. The van der Waals surface area contributed by atoms with Crippen molar-refractivity contribution in [3.05, 3.63) is 0 Å². The summed E-state index contributed by atoms with van der Waals surface area (Å²) in [6.45, 7) is 2.21. The Hall–Kier alpha value is -0.160. The third-order valence-electron chi connectivity index (χ3n) is 5.37. The summed E-state index contributed by atoms with van der Waals surface area (Å²) < 4.78 is 12.3. The maximum atomic E-state index is 10.4. The van der Waals surface area contributed by atoms with Crippen LogP contribution in [0.4, 0.5) is 0 Å². The molecule has 3 fully saturated rings. The highest BCUT2D eigenvalue weighted by Gasteiger charge is 2.62. The summed E-state index contributed by atoms with van der Waals surface area (Å²) >= 11 is 0. The van der Waals surface area contributed by atoms with Crippen LogP contribution in [0.5, 0.6) is 0 Å². The minimum absolute atomic E-state index is 0.0526. The topological polar surface area (TPSA) is 58.9 Å². The molecule has 4 heteroatoms. The fourth-order valence-electron chi connectivity index (χ4n) is 4.23. The lowest BCUT2D eigenvalue weighted by atomic mass is 9.75. The molecule has 2 N–H and O–H groups in total. The standard InChI is InChI=1S/C16H28O4/c1-2-3-4-5-6-13-14-9-7-11-12(17)8-10-15(18)16(11,19-13)20-14/h11-15,17-18H,2-10H2,1H3/t11-,12-,13-,14-,15+,16-/m1/s1. The van der Waals surface area contributed by atoms with E-state index in [1.807, 2.05) is 0 Å². The van der Waals surface area contributed by atoms with Crippen molar-refractivity contribution in [1.82, 2.24) is 0 Å². The second kappa shape index (κ2) is 5.91. The summed E-state index contributed by atoms with van der Waals surface area (Å²) in [4.78, 5) is 0. The van der Waals surface area contributed by atoms with Crippen LogP contribution in [-0.2, 0) is 9.47 Å². The van der Waals surface area contributed by atoms with Crippen LogP contribution in [-0.4, -0.2) is 40.4 Å². The van der Waals surface area contributed by atoms with E-state index in [0.717, 1.165) is 25.7 Å². The van der Waals surface area contributed by atoms with Crippen LogP contribution in [0.15, 0.2) is 0 Å². The molecule has 2 aliphatic heterocycles. The molecule has 0 amide bonds. The average molecular weight is 284 g/mol. The van der Waals surface area contributed by atoms with Crippen molar-refractivity contribution in [2.45, 2.75) is 94.9 Å². The average Bonchev–Trinajstić information content (AvgIpc) is 2.73. The molecule has 1 aliphatic carbocycles. The van der Waals surface area contributed by atoms with Gasteiger partial charge in [-0.1, -0.05) is 32.6 Å². The highest BCUT2D eigenvalue weighted by molar-refractivity contribution is 5.04. The Bertz CT molecular complexity index is 334. The predicted octanol–water partition coefficient (Wildman–Crippen LogP) is 2.36. The van der Waals surface area contributed by atoms with Gasteiger partial charge in [0, 0.05) is 5.92 Å². The second-order valence-electron chi connectivity index (χ2n) is 6.73. The third-order valence-corrected chi connectivity index (χ3v) is 5.37. The van der Waals surface area contributed by atoms with E-state index >= 15 is 0 Å². The molecule has 6 atom stereocenters. The molecule has 0 aromatic rings. The Morgan fingerprint density at radius 2 is 1.85 bits per heavy atom. The first kappa shape index (κ1) is 14.8. The Balaban J connectivity index is 1.65. The fourth-order valence-corrected chi connectivity index (χ4v) is 4.23. The summed E-state index contributed by atoms with van der Waals surface area (Å²) in [6.07, 6.45) is 8.28. The molecule has 1 spiro atoms. The molecule has 2 saturated heterocycles. The summed E-state index contributed by atoms with van der Waals surface area (Å²) in [7, 11) is 0. The molecule has 2 heterocycles. The van der Waals surface area contributed by atoms with Gasteiger partial charge in [-0.15, -0.1) is 0 Å². The fraction of sp³-hybridized carbons (Fsp3) is 1.00. The third kappa shape index (κ3) is 2.41. The molecule has 4 nitrogen and oxygen atoms in total. The lowest BCUT2D eigenvalue weighted by Crippen LogP contribution is -2.59. The normalized spacial score (nSPS) is 47.2. The number of ether oxygens (including phenoxy) is 2. The van der Waals surface area contributed by atoms with E-state index in [2.05, 4.69) is 6.92 Å². The van der Waals surface area contributed by atoms with Crippen molar-refractivity contribution in [3.8, 4) is 0 Å². The van der Waals surface area contributed by atoms with E-state index < -0.39 is 18.0 Å². The summed E-state index contributed by atoms with van der Waals surface area (Å²) in [6, 6.07) is 0. The lowest BCUT2D eigenvalue weighted by Gasteiger charge is -2.47. The monoisotopic (exact) mass is 284 g/mol. The number of fused-ring (bicyclic) bond motifs is 1. The largest absolute Gasteiger partial charge is 0.393 e. The van der Waals surface area contributed by atoms with Crippen molar-refractivity contribution in [1.29, 1.82) is 0 Å². The number of aliphatic hydroxyl groups is 2. The molecule has 0 radical (unpaired) electrons. The van der Waals surface area contributed by atoms with Crippen LogP contribution in [0.3, 0.4) is 0 Å². The summed E-state index contributed by atoms with van der Waals surface area (Å²) in [5.41, 5.74) is 0. The van der Waals surface area contributed by atoms with Gasteiger partial charge in [-0.3, -0.25) is 0 Å². The van der Waals surface area contributed by atoms with Crippen LogP contribution in [0.1, 0.15) is 64.7 Å². The molecule has 3 aliphatic rings. The van der Waals surface area contributed by atoms with Gasteiger partial charge in [0.05, 0.1) is 18.3 Å². The quantitative estimate of drug-likeness (QED) is 0.761. The molecule has 0 aromatic carbocycles. The zero-order valence-corrected chi connectivity index (χ0v) is 12.5. The minimum atomic E-state index is -0.907. The molecule has 0 aromatic heterocycles. The van der Waals surface area contributed by atoms with Gasteiger partial charge in [0.1, 0.15) is 6.10 Å². The van der Waals surface area contributed by atoms with Gasteiger partial charge in [0.25, 0.3) is 0 Å². The van der Waals surface area contributed by atoms with Gasteiger partial charge in [-0.05, 0) is 32.1 Å². The van der Waals surface area contributed by atoms with Gasteiger partial charge in [0.2, 0.25) is 5.79 Å². The van der Waals surface area contributed by atoms with Crippen molar-refractivity contribution in [2.24, 2.45) is 5.92 Å². The molecule has 3 rings (SSSR count). The van der Waals surface area contributed by atoms with Gasteiger partial charge in [0.15, 0.2) is 0 Å². The number of unbranched alkanes of at least 4 members (excludes halogenated alkanes) is 3. The molecular formula is C16H28O4. The Labute approximate surface area is 121 Å². The summed E-state index contributed by atoms with van der Waals surface area (Å²) in [5.74, 6) is -0.959. The highest BCUT2D eigenvalue weighted by Crippen LogP contribution is 2.51. The first-order valence-corrected chi connectivity index (χ1v) is 8.39. The first-order chi connectivity index (χ1) is 9.67. The molecular weight excluding hydrogens is 256 g/mol. The first-order valence-electron chi connectivity index (χ1n) is 8.39. The van der Waals surface area contributed by atoms with Crippen LogP contribution in [0, 0.1) is 5.92 Å². The smallest absolute Gasteiger partial charge is 0.200 e. The molecule has 2 bridgehead atoms. The van der Waals surface area contributed by atoms with Crippen LogP contribution in [0.2, 0.25) is 0 Å². The van der Waals surface area contributed by atoms with E-state index in [-0.39, 0.29) is 18.1 Å². The molecule has 0 unspecified atom stereocenters. The maximum absolute atomic E-state index is 10.4. The Morgan fingerprint density at radius 3 is 2.65 bits per heavy atom. The van der Waals surface area contributed by atoms with E-state index in [1.165, 1.54) is 19.3 Å². The zero-order chi connectivity index (χ0) is 14.2. The Morgan fingerprint density at radius 1 is 1.00 bits per heavy atom. The second-order valence-corrected chi connectivity index (χ2v) is 6.73. The van der Waals surface area contributed by atoms with E-state index in [4.69, 9.17) is 9.47 Å². The minimum Gasteiger partial charge on any atom is -0.393 e. The molecule has 116 valence electrons. The molecule has 20 heavy (non-hydrogen) atoms. The number of rotatable bonds is 5. The van der Waals surface area contributed by atoms with E-state index in [9.17, 15) is 10.2 Å². The highest BCUT2D eigenvalue weighted by atomic mass is 16.8.